The predicted molar refractivity (Wildman–Crippen MR) is 97.7 cm³/mol. The Labute approximate surface area is 150 Å². The summed E-state index contributed by atoms with van der Waals surface area (Å²) in [6, 6.07) is 11.1. The van der Waals surface area contributed by atoms with Gasteiger partial charge < -0.3 is 10.6 Å². The highest BCUT2D eigenvalue weighted by Gasteiger charge is 2.29. The molecule has 1 aliphatic heterocycles. The maximum absolute atomic E-state index is 12.7. The van der Waals surface area contributed by atoms with Crippen LogP contribution >= 0.6 is 0 Å². The van der Waals surface area contributed by atoms with E-state index in [1.54, 1.807) is 4.52 Å². The standard InChI is InChI=1S/C19H19N5O2/c1-11-10-15-20-12(2)17(13-6-4-3-5-7-13)18(24(15)23-11)22-19(26)14-8-9-16(25)21-14/h3-7,10,14H,8-9H2,1-2H3,(H,21,25)(H,22,26). The van der Waals surface area contributed by atoms with Crippen molar-refractivity contribution in [1.29, 1.82) is 0 Å². The summed E-state index contributed by atoms with van der Waals surface area (Å²) in [6.45, 7) is 3.80. The fourth-order valence-corrected chi connectivity index (χ4v) is 3.32. The molecule has 1 atom stereocenters. The molecule has 1 aliphatic rings. The number of rotatable bonds is 3. The van der Waals surface area contributed by atoms with Crippen LogP contribution in [0.25, 0.3) is 16.8 Å². The molecule has 0 bridgehead atoms. The lowest BCUT2D eigenvalue weighted by Crippen LogP contribution is -2.37. The van der Waals surface area contributed by atoms with Gasteiger partial charge in [0.2, 0.25) is 11.8 Å². The van der Waals surface area contributed by atoms with E-state index in [0.29, 0.717) is 24.3 Å². The first-order chi connectivity index (χ1) is 12.5. The molecular formula is C19H19N5O2. The molecule has 1 aromatic carbocycles. The number of anilines is 1. The van der Waals surface area contributed by atoms with E-state index in [1.807, 2.05) is 50.2 Å². The maximum atomic E-state index is 12.7. The van der Waals surface area contributed by atoms with Gasteiger partial charge in [-0.3, -0.25) is 9.59 Å². The Balaban J connectivity index is 1.85. The normalized spacial score (nSPS) is 16.7. The molecule has 0 aliphatic carbocycles. The molecule has 4 rings (SSSR count). The largest absolute Gasteiger partial charge is 0.344 e. The maximum Gasteiger partial charge on any atom is 0.248 e. The molecule has 1 fully saturated rings. The van der Waals surface area contributed by atoms with E-state index in [-0.39, 0.29) is 11.8 Å². The van der Waals surface area contributed by atoms with Crippen LogP contribution in [0.3, 0.4) is 0 Å². The molecule has 2 aromatic heterocycles. The van der Waals surface area contributed by atoms with Gasteiger partial charge in [0.15, 0.2) is 5.65 Å². The summed E-state index contributed by atoms with van der Waals surface area (Å²) in [4.78, 5) is 28.8. The molecular weight excluding hydrogens is 330 g/mol. The Morgan fingerprint density at radius 2 is 2.04 bits per heavy atom. The van der Waals surface area contributed by atoms with E-state index in [9.17, 15) is 9.59 Å². The Morgan fingerprint density at radius 3 is 2.73 bits per heavy atom. The molecule has 7 nitrogen and oxygen atoms in total. The van der Waals surface area contributed by atoms with Crippen molar-refractivity contribution in [2.24, 2.45) is 0 Å². The smallest absolute Gasteiger partial charge is 0.248 e. The van der Waals surface area contributed by atoms with Crippen LogP contribution < -0.4 is 10.6 Å². The minimum absolute atomic E-state index is 0.0978. The zero-order valence-corrected chi connectivity index (χ0v) is 14.6. The molecule has 1 saturated heterocycles. The second-order valence-corrected chi connectivity index (χ2v) is 6.49. The van der Waals surface area contributed by atoms with Crippen LogP contribution in [-0.2, 0) is 9.59 Å². The van der Waals surface area contributed by atoms with Gasteiger partial charge in [-0.25, -0.2) is 4.98 Å². The average molecular weight is 349 g/mol. The number of hydrogen-bond acceptors (Lipinski definition) is 4. The lowest BCUT2D eigenvalue weighted by atomic mass is 10.0. The third-order valence-corrected chi connectivity index (χ3v) is 4.52. The van der Waals surface area contributed by atoms with Crippen molar-refractivity contribution in [2.45, 2.75) is 32.7 Å². The third kappa shape index (κ3) is 2.81. The number of nitrogens with one attached hydrogen (secondary N) is 2. The molecule has 7 heteroatoms. The van der Waals surface area contributed by atoms with Gasteiger partial charge in [0, 0.05) is 18.1 Å². The Hall–Kier alpha value is -3.22. The number of benzene rings is 1. The van der Waals surface area contributed by atoms with E-state index >= 15 is 0 Å². The number of hydrogen-bond donors (Lipinski definition) is 2. The first kappa shape index (κ1) is 16.3. The minimum Gasteiger partial charge on any atom is -0.344 e. The highest BCUT2D eigenvalue weighted by molar-refractivity contribution is 6.01. The number of fused-ring (bicyclic) bond motifs is 1. The topological polar surface area (TPSA) is 88.4 Å². The predicted octanol–water partition coefficient (Wildman–Crippen LogP) is 2.23. The fourth-order valence-electron chi connectivity index (χ4n) is 3.32. The SMILES string of the molecule is Cc1cc2nc(C)c(-c3ccccc3)c(NC(=O)C3CCC(=O)N3)n2n1. The molecule has 26 heavy (non-hydrogen) atoms. The number of carbonyl (C=O) groups is 2. The number of aryl methyl sites for hydroxylation is 2. The van der Waals surface area contributed by atoms with Crippen molar-refractivity contribution in [3.63, 3.8) is 0 Å². The van der Waals surface area contributed by atoms with Crippen LogP contribution in [0.2, 0.25) is 0 Å². The zero-order valence-electron chi connectivity index (χ0n) is 14.6. The van der Waals surface area contributed by atoms with Crippen LogP contribution in [-0.4, -0.2) is 32.5 Å². The Bertz CT molecular complexity index is 1010. The molecule has 3 aromatic rings. The van der Waals surface area contributed by atoms with E-state index in [0.717, 1.165) is 22.5 Å². The summed E-state index contributed by atoms with van der Waals surface area (Å²) in [5, 5.41) is 10.2. The first-order valence-corrected chi connectivity index (χ1v) is 8.55. The molecule has 0 saturated carbocycles. The van der Waals surface area contributed by atoms with Crippen molar-refractivity contribution in [3.8, 4) is 11.1 Å². The molecule has 2 N–H and O–H groups in total. The highest BCUT2D eigenvalue weighted by Crippen LogP contribution is 2.31. The molecule has 0 spiro atoms. The van der Waals surface area contributed by atoms with Gasteiger partial charge in [0.25, 0.3) is 0 Å². The fraction of sp³-hybridized carbons (Fsp3) is 0.263. The Kier molecular flexibility index (Phi) is 3.91. The Morgan fingerprint density at radius 1 is 1.27 bits per heavy atom. The summed E-state index contributed by atoms with van der Waals surface area (Å²) >= 11 is 0. The number of amides is 2. The first-order valence-electron chi connectivity index (χ1n) is 8.55. The van der Waals surface area contributed by atoms with Crippen LogP contribution in [0.5, 0.6) is 0 Å². The summed E-state index contributed by atoms with van der Waals surface area (Å²) in [7, 11) is 0. The van der Waals surface area contributed by atoms with Crippen LogP contribution in [0.1, 0.15) is 24.2 Å². The molecule has 2 amide bonds. The molecule has 3 heterocycles. The van der Waals surface area contributed by atoms with Gasteiger partial charge in [0.05, 0.1) is 11.4 Å². The molecule has 132 valence electrons. The van der Waals surface area contributed by atoms with E-state index in [1.165, 1.54) is 0 Å². The van der Waals surface area contributed by atoms with Crippen molar-refractivity contribution in [3.05, 3.63) is 47.8 Å². The van der Waals surface area contributed by atoms with E-state index in [4.69, 9.17) is 0 Å². The monoisotopic (exact) mass is 349 g/mol. The lowest BCUT2D eigenvalue weighted by molar-refractivity contribution is -0.122. The van der Waals surface area contributed by atoms with E-state index < -0.39 is 6.04 Å². The number of nitrogens with zero attached hydrogens (tertiary/aromatic N) is 3. The number of aromatic nitrogens is 3. The molecule has 0 radical (unpaired) electrons. The van der Waals surface area contributed by atoms with Gasteiger partial charge in [-0.15, -0.1) is 0 Å². The quantitative estimate of drug-likeness (QED) is 0.759. The van der Waals surface area contributed by atoms with Crippen molar-refractivity contribution in [1.82, 2.24) is 19.9 Å². The summed E-state index contributed by atoms with van der Waals surface area (Å²) < 4.78 is 1.65. The van der Waals surface area contributed by atoms with E-state index in [2.05, 4.69) is 20.7 Å². The van der Waals surface area contributed by atoms with Gasteiger partial charge in [-0.2, -0.15) is 9.61 Å². The van der Waals surface area contributed by atoms with Gasteiger partial charge in [0.1, 0.15) is 11.9 Å². The van der Waals surface area contributed by atoms with Gasteiger partial charge >= 0.3 is 0 Å². The minimum atomic E-state index is -0.522. The van der Waals surface area contributed by atoms with Crippen molar-refractivity contribution < 1.29 is 9.59 Å². The zero-order chi connectivity index (χ0) is 18.3. The lowest BCUT2D eigenvalue weighted by Gasteiger charge is -2.17. The van der Waals surface area contributed by atoms with Crippen LogP contribution in [0, 0.1) is 13.8 Å². The third-order valence-electron chi connectivity index (χ3n) is 4.52. The molecule has 1 unspecified atom stereocenters. The van der Waals surface area contributed by atoms with Gasteiger partial charge in [-0.05, 0) is 25.8 Å². The van der Waals surface area contributed by atoms with Crippen molar-refractivity contribution >= 4 is 23.3 Å². The second-order valence-electron chi connectivity index (χ2n) is 6.49. The average Bonchev–Trinajstić information content (AvgIpc) is 3.21. The summed E-state index contributed by atoms with van der Waals surface area (Å²) in [5.74, 6) is 0.227. The summed E-state index contributed by atoms with van der Waals surface area (Å²) in [6.07, 6.45) is 0.867. The van der Waals surface area contributed by atoms with Crippen LogP contribution in [0.15, 0.2) is 36.4 Å². The van der Waals surface area contributed by atoms with Gasteiger partial charge in [-0.1, -0.05) is 30.3 Å². The van der Waals surface area contributed by atoms with Crippen molar-refractivity contribution in [2.75, 3.05) is 5.32 Å². The second kappa shape index (κ2) is 6.25. The highest BCUT2D eigenvalue weighted by atomic mass is 16.2. The summed E-state index contributed by atoms with van der Waals surface area (Å²) in [5.41, 5.74) is 4.05. The van der Waals surface area contributed by atoms with Crippen LogP contribution in [0.4, 0.5) is 5.82 Å². The number of carbonyl (C=O) groups excluding carboxylic acids is 2.